The minimum absolute atomic E-state index is 0.144. The summed E-state index contributed by atoms with van der Waals surface area (Å²) >= 11 is 0. The van der Waals surface area contributed by atoms with Crippen molar-refractivity contribution in [3.05, 3.63) is 65.7 Å². The van der Waals surface area contributed by atoms with E-state index >= 15 is 0 Å². The zero-order valence-electron chi connectivity index (χ0n) is 17.1. The van der Waals surface area contributed by atoms with E-state index in [9.17, 15) is 14.4 Å². The van der Waals surface area contributed by atoms with Crippen LogP contribution >= 0.6 is 0 Å². The molecule has 0 unspecified atom stereocenters. The number of para-hydroxylation sites is 1. The molecule has 30 heavy (non-hydrogen) atoms. The van der Waals surface area contributed by atoms with Crippen molar-refractivity contribution < 1.29 is 28.6 Å². The van der Waals surface area contributed by atoms with E-state index in [0.29, 0.717) is 6.61 Å². The van der Waals surface area contributed by atoms with Crippen LogP contribution in [0.5, 0.6) is 5.75 Å². The van der Waals surface area contributed by atoms with Crippen LogP contribution in [-0.2, 0) is 19.1 Å². The SMILES string of the molecule is CCCCOC(=O)COC(=O)c1ccccc1NC(=O)/C=C/c1ccc(OC)cc1. The lowest BCUT2D eigenvalue weighted by Crippen LogP contribution is -2.18. The summed E-state index contributed by atoms with van der Waals surface area (Å²) in [5.41, 5.74) is 1.25. The standard InChI is InChI=1S/C23H25NO6/c1-3-4-15-29-22(26)16-30-23(27)19-7-5-6-8-20(19)24-21(25)14-11-17-9-12-18(28-2)13-10-17/h5-14H,3-4,15-16H2,1-2H3,(H,24,25)/b14-11+. The van der Waals surface area contributed by atoms with Gasteiger partial charge in [-0.05, 0) is 42.3 Å². The highest BCUT2D eigenvalue weighted by atomic mass is 16.6. The largest absolute Gasteiger partial charge is 0.497 e. The summed E-state index contributed by atoms with van der Waals surface area (Å²) in [5, 5.41) is 2.65. The molecule has 2 aromatic carbocycles. The summed E-state index contributed by atoms with van der Waals surface area (Å²) in [6, 6.07) is 13.6. The van der Waals surface area contributed by atoms with Crippen molar-refractivity contribution in [2.45, 2.75) is 19.8 Å². The maximum Gasteiger partial charge on any atom is 0.344 e. The van der Waals surface area contributed by atoms with E-state index in [1.165, 1.54) is 12.1 Å². The molecule has 158 valence electrons. The molecule has 0 heterocycles. The number of methoxy groups -OCH3 is 1. The molecule has 0 atom stereocenters. The van der Waals surface area contributed by atoms with Crippen molar-refractivity contribution in [3.8, 4) is 5.75 Å². The minimum Gasteiger partial charge on any atom is -0.497 e. The number of amides is 1. The van der Waals surface area contributed by atoms with Gasteiger partial charge in [-0.1, -0.05) is 37.6 Å². The van der Waals surface area contributed by atoms with Crippen molar-refractivity contribution in [3.63, 3.8) is 0 Å². The number of esters is 2. The molecule has 2 rings (SSSR count). The third-order valence-corrected chi connectivity index (χ3v) is 4.03. The first-order valence-corrected chi connectivity index (χ1v) is 9.58. The van der Waals surface area contributed by atoms with E-state index < -0.39 is 24.5 Å². The number of carbonyl (C=O) groups excluding carboxylic acids is 3. The lowest BCUT2D eigenvalue weighted by Gasteiger charge is -2.10. The van der Waals surface area contributed by atoms with Gasteiger partial charge in [-0.3, -0.25) is 4.79 Å². The lowest BCUT2D eigenvalue weighted by molar-refractivity contribution is -0.147. The fourth-order valence-electron chi connectivity index (χ4n) is 2.41. The highest BCUT2D eigenvalue weighted by Crippen LogP contribution is 2.17. The van der Waals surface area contributed by atoms with Crippen LogP contribution in [0.1, 0.15) is 35.7 Å². The number of nitrogens with one attached hydrogen (secondary N) is 1. The van der Waals surface area contributed by atoms with Crippen molar-refractivity contribution >= 4 is 29.6 Å². The average molecular weight is 411 g/mol. The molecule has 0 aliphatic carbocycles. The smallest absolute Gasteiger partial charge is 0.344 e. The van der Waals surface area contributed by atoms with Gasteiger partial charge in [0.1, 0.15) is 5.75 Å². The van der Waals surface area contributed by atoms with Gasteiger partial charge in [0.2, 0.25) is 5.91 Å². The Labute approximate surface area is 175 Å². The van der Waals surface area contributed by atoms with Crippen molar-refractivity contribution in [2.24, 2.45) is 0 Å². The molecule has 7 heteroatoms. The molecular formula is C23H25NO6. The molecule has 0 fully saturated rings. The molecule has 0 aliphatic rings. The van der Waals surface area contributed by atoms with E-state index in [2.05, 4.69) is 5.32 Å². The summed E-state index contributed by atoms with van der Waals surface area (Å²) < 4.78 is 15.0. The van der Waals surface area contributed by atoms with E-state index in [1.807, 2.05) is 19.1 Å². The van der Waals surface area contributed by atoms with Crippen LogP contribution in [0.4, 0.5) is 5.69 Å². The maximum atomic E-state index is 12.3. The summed E-state index contributed by atoms with van der Waals surface area (Å²) in [5.74, 6) is -1.03. The molecule has 0 aliphatic heterocycles. The monoisotopic (exact) mass is 411 g/mol. The fraction of sp³-hybridized carbons (Fsp3) is 0.261. The van der Waals surface area contributed by atoms with E-state index in [4.69, 9.17) is 14.2 Å². The third-order valence-electron chi connectivity index (χ3n) is 4.03. The number of rotatable bonds is 10. The Morgan fingerprint density at radius 1 is 1.00 bits per heavy atom. The third kappa shape index (κ3) is 7.43. The van der Waals surface area contributed by atoms with Crippen LogP contribution in [0.15, 0.2) is 54.6 Å². The first kappa shape index (κ1) is 22.7. The maximum absolute atomic E-state index is 12.3. The van der Waals surface area contributed by atoms with Gasteiger partial charge in [0.05, 0.1) is 25.0 Å². The molecule has 0 radical (unpaired) electrons. The molecule has 1 N–H and O–H groups in total. The second-order valence-corrected chi connectivity index (χ2v) is 6.29. The number of anilines is 1. The molecule has 0 aromatic heterocycles. The number of hydrogen-bond acceptors (Lipinski definition) is 6. The summed E-state index contributed by atoms with van der Waals surface area (Å²) in [6.07, 6.45) is 4.64. The Morgan fingerprint density at radius 2 is 1.73 bits per heavy atom. The van der Waals surface area contributed by atoms with Gasteiger partial charge in [0.25, 0.3) is 0 Å². The van der Waals surface area contributed by atoms with Gasteiger partial charge in [0, 0.05) is 6.08 Å². The summed E-state index contributed by atoms with van der Waals surface area (Å²) in [7, 11) is 1.58. The van der Waals surface area contributed by atoms with Crippen LogP contribution in [0, 0.1) is 0 Å². The van der Waals surface area contributed by atoms with Crippen molar-refractivity contribution in [2.75, 3.05) is 25.6 Å². The number of carbonyl (C=O) groups is 3. The second kappa shape index (κ2) is 12.1. The molecule has 0 saturated carbocycles. The lowest BCUT2D eigenvalue weighted by atomic mass is 10.1. The predicted octanol–water partition coefficient (Wildman–Crippen LogP) is 3.85. The number of benzene rings is 2. The number of ether oxygens (including phenoxy) is 3. The van der Waals surface area contributed by atoms with Crippen LogP contribution in [0.3, 0.4) is 0 Å². The van der Waals surface area contributed by atoms with Crippen LogP contribution in [0.2, 0.25) is 0 Å². The van der Waals surface area contributed by atoms with E-state index in [0.717, 1.165) is 24.2 Å². The zero-order valence-corrected chi connectivity index (χ0v) is 17.1. The first-order chi connectivity index (χ1) is 14.5. The summed E-state index contributed by atoms with van der Waals surface area (Å²) in [6.45, 7) is 1.79. The Balaban J connectivity index is 1.94. The highest BCUT2D eigenvalue weighted by molar-refractivity contribution is 6.06. The Morgan fingerprint density at radius 3 is 2.43 bits per heavy atom. The zero-order chi connectivity index (χ0) is 21.8. The van der Waals surface area contributed by atoms with Crippen LogP contribution in [0.25, 0.3) is 6.08 Å². The quantitative estimate of drug-likeness (QED) is 0.363. The molecule has 1 amide bonds. The minimum atomic E-state index is -0.725. The molecule has 0 spiro atoms. The number of hydrogen-bond donors (Lipinski definition) is 1. The second-order valence-electron chi connectivity index (χ2n) is 6.29. The van der Waals surface area contributed by atoms with Gasteiger partial charge in [-0.2, -0.15) is 0 Å². The molecule has 0 bridgehead atoms. The van der Waals surface area contributed by atoms with Gasteiger partial charge < -0.3 is 19.5 Å². The van der Waals surface area contributed by atoms with E-state index in [-0.39, 0.29) is 11.3 Å². The normalized spacial score (nSPS) is 10.5. The molecule has 2 aromatic rings. The Kier molecular flexibility index (Phi) is 9.12. The Hall–Kier alpha value is -3.61. The molecule has 0 saturated heterocycles. The predicted molar refractivity (Wildman–Crippen MR) is 113 cm³/mol. The summed E-state index contributed by atoms with van der Waals surface area (Å²) in [4.78, 5) is 36.1. The van der Waals surface area contributed by atoms with Gasteiger partial charge in [-0.25, -0.2) is 9.59 Å². The van der Waals surface area contributed by atoms with Gasteiger partial charge in [-0.15, -0.1) is 0 Å². The van der Waals surface area contributed by atoms with Crippen LogP contribution in [-0.4, -0.2) is 38.2 Å². The van der Waals surface area contributed by atoms with Gasteiger partial charge in [0.15, 0.2) is 6.61 Å². The van der Waals surface area contributed by atoms with Crippen molar-refractivity contribution in [1.29, 1.82) is 0 Å². The van der Waals surface area contributed by atoms with Crippen LogP contribution < -0.4 is 10.1 Å². The Bertz CT molecular complexity index is 889. The fourth-order valence-corrected chi connectivity index (χ4v) is 2.41. The van der Waals surface area contributed by atoms with E-state index in [1.54, 1.807) is 43.5 Å². The first-order valence-electron chi connectivity index (χ1n) is 9.58. The molecule has 7 nitrogen and oxygen atoms in total. The highest BCUT2D eigenvalue weighted by Gasteiger charge is 2.15. The topological polar surface area (TPSA) is 90.9 Å². The number of unbranched alkanes of at least 4 members (excludes halogenated alkanes) is 1. The average Bonchev–Trinajstić information content (AvgIpc) is 2.77. The molecular weight excluding hydrogens is 386 g/mol. The van der Waals surface area contributed by atoms with Crippen molar-refractivity contribution in [1.82, 2.24) is 0 Å². The van der Waals surface area contributed by atoms with Gasteiger partial charge >= 0.3 is 11.9 Å².